The van der Waals surface area contributed by atoms with Crippen LogP contribution in [0.1, 0.15) is 6.92 Å². The Morgan fingerprint density at radius 2 is 2.40 bits per heavy atom. The van der Waals surface area contributed by atoms with Gasteiger partial charge in [-0.05, 0) is 22.9 Å². The van der Waals surface area contributed by atoms with E-state index >= 15 is 0 Å². The summed E-state index contributed by atoms with van der Waals surface area (Å²) in [7, 11) is 0. The van der Waals surface area contributed by atoms with Crippen LogP contribution in [0, 0.1) is 0 Å². The Hall–Kier alpha value is -0.0100. The lowest BCUT2D eigenvalue weighted by Gasteiger charge is -2.17. The van der Waals surface area contributed by atoms with E-state index in [1.807, 2.05) is 4.57 Å². The molecular formula is C8H9Br2N3OS. The number of hydrogen-bond acceptors (Lipinski definition) is 4. The van der Waals surface area contributed by atoms with Gasteiger partial charge >= 0.3 is 0 Å². The van der Waals surface area contributed by atoms with Crippen molar-refractivity contribution in [3.05, 3.63) is 14.8 Å². The second-order valence-electron chi connectivity index (χ2n) is 3.67. The highest BCUT2D eigenvalue weighted by molar-refractivity contribution is 9.10. The van der Waals surface area contributed by atoms with Gasteiger partial charge in [-0.2, -0.15) is 4.98 Å². The SMILES string of the molecule is C[C@@]1(CBr)Cn2c(nc(=O)c(Br)c2N)S1. The summed E-state index contributed by atoms with van der Waals surface area (Å²) < 4.78 is 2.24. The predicted octanol–water partition coefficient (Wildman–Crippen LogP) is 1.85. The van der Waals surface area contributed by atoms with E-state index in [1.165, 1.54) is 0 Å². The number of alkyl halides is 1. The monoisotopic (exact) mass is 353 g/mol. The van der Waals surface area contributed by atoms with Crippen LogP contribution in [0.15, 0.2) is 14.4 Å². The summed E-state index contributed by atoms with van der Waals surface area (Å²) in [5.74, 6) is 0.460. The van der Waals surface area contributed by atoms with E-state index in [-0.39, 0.29) is 10.3 Å². The van der Waals surface area contributed by atoms with Gasteiger partial charge < -0.3 is 10.3 Å². The van der Waals surface area contributed by atoms with Crippen molar-refractivity contribution >= 4 is 49.4 Å². The Kier molecular flexibility index (Phi) is 2.89. The molecule has 82 valence electrons. The average molecular weight is 355 g/mol. The Balaban J connectivity index is 2.57. The lowest BCUT2D eigenvalue weighted by Crippen LogP contribution is -2.24. The number of halogens is 2. The molecule has 1 aromatic rings. The maximum Gasteiger partial charge on any atom is 0.290 e. The molecule has 0 radical (unpaired) electrons. The molecule has 0 unspecified atom stereocenters. The molecule has 15 heavy (non-hydrogen) atoms. The molecule has 1 aromatic heterocycles. The smallest absolute Gasteiger partial charge is 0.290 e. The van der Waals surface area contributed by atoms with E-state index in [0.717, 1.165) is 11.9 Å². The van der Waals surface area contributed by atoms with Crippen LogP contribution >= 0.6 is 43.6 Å². The molecule has 0 saturated heterocycles. The van der Waals surface area contributed by atoms with E-state index in [9.17, 15) is 4.79 Å². The van der Waals surface area contributed by atoms with Crippen LogP contribution in [0.3, 0.4) is 0 Å². The Labute approximate surface area is 108 Å². The molecule has 1 aliphatic heterocycles. The van der Waals surface area contributed by atoms with Gasteiger partial charge in [-0.1, -0.05) is 27.7 Å². The molecule has 2 rings (SSSR count). The molecule has 7 heteroatoms. The van der Waals surface area contributed by atoms with Crippen LogP contribution in [0.25, 0.3) is 0 Å². The van der Waals surface area contributed by atoms with Crippen LogP contribution in [-0.2, 0) is 6.54 Å². The van der Waals surface area contributed by atoms with Crippen LogP contribution in [0.5, 0.6) is 0 Å². The number of thioether (sulfide) groups is 1. The number of anilines is 1. The van der Waals surface area contributed by atoms with Crippen LogP contribution < -0.4 is 11.3 Å². The zero-order valence-corrected chi connectivity index (χ0v) is 11.9. The molecule has 0 aliphatic carbocycles. The van der Waals surface area contributed by atoms with E-state index in [0.29, 0.717) is 15.4 Å². The van der Waals surface area contributed by atoms with Crippen LogP contribution in [0.2, 0.25) is 0 Å². The van der Waals surface area contributed by atoms with Gasteiger partial charge in [0.1, 0.15) is 10.3 Å². The van der Waals surface area contributed by atoms with Crippen molar-refractivity contribution < 1.29 is 0 Å². The average Bonchev–Trinajstić information content (AvgIpc) is 2.53. The summed E-state index contributed by atoms with van der Waals surface area (Å²) in [6.07, 6.45) is 0. The van der Waals surface area contributed by atoms with Gasteiger partial charge in [0, 0.05) is 16.6 Å². The highest BCUT2D eigenvalue weighted by Crippen LogP contribution is 2.42. The molecular weight excluding hydrogens is 346 g/mol. The molecule has 1 aliphatic rings. The van der Waals surface area contributed by atoms with Gasteiger partial charge in [0.15, 0.2) is 5.16 Å². The Morgan fingerprint density at radius 3 is 3.00 bits per heavy atom. The third-order valence-corrected chi connectivity index (χ3v) is 5.86. The third-order valence-electron chi connectivity index (χ3n) is 2.24. The van der Waals surface area contributed by atoms with Crippen LogP contribution in [0.4, 0.5) is 5.82 Å². The van der Waals surface area contributed by atoms with Gasteiger partial charge in [0.05, 0.1) is 0 Å². The maximum atomic E-state index is 11.4. The van der Waals surface area contributed by atoms with Gasteiger partial charge in [-0.25, -0.2) is 0 Å². The third kappa shape index (κ3) is 1.85. The maximum absolute atomic E-state index is 11.4. The number of rotatable bonds is 1. The number of nitrogens with two attached hydrogens (primary N) is 1. The zero-order chi connectivity index (χ0) is 11.2. The summed E-state index contributed by atoms with van der Waals surface area (Å²) >= 11 is 8.19. The molecule has 1 atom stereocenters. The summed E-state index contributed by atoms with van der Waals surface area (Å²) in [6, 6.07) is 0. The van der Waals surface area contributed by atoms with Crippen molar-refractivity contribution in [2.75, 3.05) is 11.1 Å². The lowest BCUT2D eigenvalue weighted by atomic mass is 10.2. The molecule has 0 spiro atoms. The largest absolute Gasteiger partial charge is 0.384 e. The summed E-state index contributed by atoms with van der Waals surface area (Å²) in [5.41, 5.74) is 5.56. The molecule has 4 nitrogen and oxygen atoms in total. The van der Waals surface area contributed by atoms with Crippen molar-refractivity contribution in [1.29, 1.82) is 0 Å². The molecule has 0 saturated carbocycles. The minimum atomic E-state index is -0.301. The second kappa shape index (κ2) is 3.78. The fourth-order valence-corrected chi connectivity index (χ4v) is 3.33. The van der Waals surface area contributed by atoms with Crippen molar-refractivity contribution in [2.24, 2.45) is 0 Å². The first-order valence-corrected chi connectivity index (χ1v) is 7.01. The highest BCUT2D eigenvalue weighted by atomic mass is 79.9. The molecule has 0 bridgehead atoms. The summed E-state index contributed by atoms with van der Waals surface area (Å²) in [5, 5.41) is 1.53. The van der Waals surface area contributed by atoms with E-state index in [2.05, 4.69) is 43.8 Å². The second-order valence-corrected chi connectivity index (χ2v) is 6.58. The molecule has 0 aromatic carbocycles. The fraction of sp³-hybridized carbons (Fsp3) is 0.500. The minimum Gasteiger partial charge on any atom is -0.384 e. The van der Waals surface area contributed by atoms with Crippen LogP contribution in [-0.4, -0.2) is 19.6 Å². The molecule has 2 heterocycles. The normalized spacial score (nSPS) is 24.2. The van der Waals surface area contributed by atoms with Crippen molar-refractivity contribution in [1.82, 2.24) is 9.55 Å². The predicted molar refractivity (Wildman–Crippen MR) is 68.7 cm³/mol. The van der Waals surface area contributed by atoms with Gasteiger partial charge in [-0.15, -0.1) is 0 Å². The minimum absolute atomic E-state index is 0.0152. The van der Waals surface area contributed by atoms with Crippen molar-refractivity contribution in [3.8, 4) is 0 Å². The van der Waals surface area contributed by atoms with Crippen molar-refractivity contribution in [3.63, 3.8) is 0 Å². The number of aromatic nitrogens is 2. The first-order valence-electron chi connectivity index (χ1n) is 4.28. The fourth-order valence-electron chi connectivity index (χ4n) is 1.41. The molecule has 2 N–H and O–H groups in total. The standard InChI is InChI=1S/C8H9Br2N3OS/c1-8(2-9)3-13-5(11)4(10)6(14)12-7(13)15-8/h2-3,11H2,1H3/t8-/m1/s1. The van der Waals surface area contributed by atoms with E-state index in [4.69, 9.17) is 5.73 Å². The van der Waals surface area contributed by atoms with Gasteiger partial charge in [-0.3, -0.25) is 4.79 Å². The number of fused-ring (bicyclic) bond motifs is 1. The van der Waals surface area contributed by atoms with Crippen molar-refractivity contribution in [2.45, 2.75) is 23.4 Å². The number of nitrogen functional groups attached to an aromatic ring is 1. The van der Waals surface area contributed by atoms with Gasteiger partial charge in [0.25, 0.3) is 5.56 Å². The lowest BCUT2D eigenvalue weighted by molar-refractivity contribution is 0.567. The zero-order valence-electron chi connectivity index (χ0n) is 7.96. The Morgan fingerprint density at radius 1 is 1.73 bits per heavy atom. The first-order chi connectivity index (χ1) is 6.97. The molecule has 0 fully saturated rings. The van der Waals surface area contributed by atoms with E-state index < -0.39 is 0 Å². The first kappa shape index (κ1) is 11.5. The van der Waals surface area contributed by atoms with E-state index in [1.54, 1.807) is 11.8 Å². The number of nitrogens with zero attached hydrogens (tertiary/aromatic N) is 2. The molecule has 0 amide bonds. The highest BCUT2D eigenvalue weighted by Gasteiger charge is 2.35. The number of hydrogen-bond donors (Lipinski definition) is 1. The summed E-state index contributed by atoms with van der Waals surface area (Å²) in [6.45, 7) is 2.87. The van der Waals surface area contributed by atoms with Gasteiger partial charge in [0.2, 0.25) is 0 Å². The topological polar surface area (TPSA) is 60.9 Å². The Bertz CT molecular complexity index is 476. The summed E-state index contributed by atoms with van der Waals surface area (Å²) in [4.78, 5) is 15.4. The quantitative estimate of drug-likeness (QED) is 0.617.